The number of ether oxygens (including phenoxy) is 1. The first kappa shape index (κ1) is 15.0. The number of rotatable bonds is 8. The minimum atomic E-state index is -0.0882. The highest BCUT2D eigenvalue weighted by atomic mass is 35.5. The van der Waals surface area contributed by atoms with Crippen molar-refractivity contribution in [2.45, 2.75) is 26.8 Å². The van der Waals surface area contributed by atoms with Gasteiger partial charge in [-0.25, -0.2) is 0 Å². The van der Waals surface area contributed by atoms with E-state index in [0.717, 1.165) is 12.1 Å². The van der Waals surface area contributed by atoms with E-state index in [-0.39, 0.29) is 5.91 Å². The summed E-state index contributed by atoms with van der Waals surface area (Å²) in [7, 11) is 0. The smallest absolute Gasteiger partial charge is 0.269 e. The molecular formula is C12H20ClN3O2. The lowest BCUT2D eigenvalue weighted by atomic mass is 10.3. The number of carbonyl (C=O) groups excluding carboxylic acids is 1. The molecule has 0 radical (unpaired) electrons. The van der Waals surface area contributed by atoms with Crippen LogP contribution in [0.4, 0.5) is 0 Å². The Labute approximate surface area is 112 Å². The van der Waals surface area contributed by atoms with Gasteiger partial charge in [0, 0.05) is 25.6 Å². The van der Waals surface area contributed by atoms with Crippen LogP contribution in [0.1, 0.15) is 29.5 Å². The SMILES string of the molecule is CCn1nc(C)cc1C(=O)NCCCOCCCl. The summed E-state index contributed by atoms with van der Waals surface area (Å²) in [6.07, 6.45) is 0.780. The van der Waals surface area contributed by atoms with Gasteiger partial charge in [0.05, 0.1) is 12.3 Å². The molecule has 0 unspecified atom stereocenters. The van der Waals surface area contributed by atoms with E-state index in [1.807, 2.05) is 13.8 Å². The summed E-state index contributed by atoms with van der Waals surface area (Å²) < 4.78 is 6.92. The number of aryl methyl sites for hydroxylation is 2. The fourth-order valence-electron chi connectivity index (χ4n) is 1.59. The number of nitrogens with one attached hydrogen (secondary N) is 1. The first-order chi connectivity index (χ1) is 8.69. The summed E-state index contributed by atoms with van der Waals surface area (Å²) >= 11 is 5.48. The second-order valence-corrected chi connectivity index (χ2v) is 4.28. The fourth-order valence-corrected chi connectivity index (χ4v) is 1.70. The topological polar surface area (TPSA) is 56.2 Å². The molecule has 0 bridgehead atoms. The quantitative estimate of drug-likeness (QED) is 0.578. The Morgan fingerprint density at radius 1 is 1.56 bits per heavy atom. The maximum absolute atomic E-state index is 11.9. The van der Waals surface area contributed by atoms with E-state index in [0.29, 0.717) is 37.9 Å². The number of aromatic nitrogens is 2. The molecule has 5 nitrogen and oxygen atoms in total. The second-order valence-electron chi connectivity index (χ2n) is 3.90. The number of amides is 1. The number of hydrogen-bond acceptors (Lipinski definition) is 3. The van der Waals surface area contributed by atoms with Crippen LogP contribution in [-0.2, 0) is 11.3 Å². The van der Waals surface area contributed by atoms with Crippen molar-refractivity contribution in [3.8, 4) is 0 Å². The molecular weight excluding hydrogens is 254 g/mol. The minimum Gasteiger partial charge on any atom is -0.380 e. The van der Waals surface area contributed by atoms with Crippen LogP contribution < -0.4 is 5.32 Å². The molecule has 1 amide bonds. The van der Waals surface area contributed by atoms with E-state index in [9.17, 15) is 4.79 Å². The summed E-state index contributed by atoms with van der Waals surface area (Å²) in [6.45, 7) is 6.28. The fraction of sp³-hybridized carbons (Fsp3) is 0.667. The van der Waals surface area contributed by atoms with Crippen LogP contribution in [0.25, 0.3) is 0 Å². The maximum Gasteiger partial charge on any atom is 0.269 e. The van der Waals surface area contributed by atoms with Crippen LogP contribution in [0.15, 0.2) is 6.07 Å². The molecule has 0 atom stereocenters. The van der Waals surface area contributed by atoms with Crippen LogP contribution >= 0.6 is 11.6 Å². The lowest BCUT2D eigenvalue weighted by Gasteiger charge is -2.06. The molecule has 0 saturated heterocycles. The Kier molecular flexibility index (Phi) is 6.75. The van der Waals surface area contributed by atoms with Gasteiger partial charge in [0.25, 0.3) is 5.91 Å². The highest BCUT2D eigenvalue weighted by Gasteiger charge is 2.11. The zero-order valence-electron chi connectivity index (χ0n) is 10.9. The third kappa shape index (κ3) is 4.66. The molecule has 0 aliphatic carbocycles. The first-order valence-corrected chi connectivity index (χ1v) is 6.68. The minimum absolute atomic E-state index is 0.0882. The average Bonchev–Trinajstić information content (AvgIpc) is 2.74. The van der Waals surface area contributed by atoms with Crippen molar-refractivity contribution < 1.29 is 9.53 Å². The van der Waals surface area contributed by atoms with E-state index in [4.69, 9.17) is 16.3 Å². The molecule has 1 heterocycles. The molecule has 102 valence electrons. The van der Waals surface area contributed by atoms with Gasteiger partial charge in [-0.3, -0.25) is 9.48 Å². The van der Waals surface area contributed by atoms with Crippen LogP contribution in [0.2, 0.25) is 0 Å². The number of nitrogens with zero attached hydrogens (tertiary/aromatic N) is 2. The number of halogens is 1. The van der Waals surface area contributed by atoms with E-state index in [1.54, 1.807) is 10.7 Å². The Hall–Kier alpha value is -1.07. The van der Waals surface area contributed by atoms with Crippen LogP contribution in [-0.4, -0.2) is 41.3 Å². The molecule has 1 aromatic heterocycles. The van der Waals surface area contributed by atoms with E-state index in [2.05, 4.69) is 10.4 Å². The maximum atomic E-state index is 11.9. The molecule has 0 aromatic carbocycles. The zero-order chi connectivity index (χ0) is 13.4. The van der Waals surface area contributed by atoms with E-state index >= 15 is 0 Å². The Morgan fingerprint density at radius 3 is 3.00 bits per heavy atom. The second kappa shape index (κ2) is 8.11. The third-order valence-corrected chi connectivity index (χ3v) is 2.56. The van der Waals surface area contributed by atoms with Gasteiger partial charge in [0.2, 0.25) is 0 Å². The summed E-state index contributed by atoms with van der Waals surface area (Å²) in [6, 6.07) is 1.79. The Morgan fingerprint density at radius 2 is 2.33 bits per heavy atom. The van der Waals surface area contributed by atoms with Crippen molar-refractivity contribution in [2.75, 3.05) is 25.6 Å². The predicted octanol–water partition coefficient (Wildman–Crippen LogP) is 1.59. The first-order valence-electron chi connectivity index (χ1n) is 6.15. The molecule has 18 heavy (non-hydrogen) atoms. The monoisotopic (exact) mass is 273 g/mol. The predicted molar refractivity (Wildman–Crippen MR) is 71.1 cm³/mol. The average molecular weight is 274 g/mol. The molecule has 0 fully saturated rings. The number of alkyl halides is 1. The molecule has 0 saturated carbocycles. The summed E-state index contributed by atoms with van der Waals surface area (Å²) in [5, 5.41) is 7.09. The highest BCUT2D eigenvalue weighted by Crippen LogP contribution is 2.03. The molecule has 0 aliphatic heterocycles. The largest absolute Gasteiger partial charge is 0.380 e. The number of hydrogen-bond donors (Lipinski definition) is 1. The van der Waals surface area contributed by atoms with Crippen molar-refractivity contribution in [3.05, 3.63) is 17.5 Å². The molecule has 0 aliphatic rings. The number of carbonyl (C=O) groups is 1. The van der Waals surface area contributed by atoms with Crippen LogP contribution in [0.3, 0.4) is 0 Å². The van der Waals surface area contributed by atoms with Gasteiger partial charge in [0.15, 0.2) is 0 Å². The van der Waals surface area contributed by atoms with Gasteiger partial charge in [-0.15, -0.1) is 11.6 Å². The Balaban J connectivity index is 2.32. The van der Waals surface area contributed by atoms with Gasteiger partial charge in [-0.05, 0) is 26.3 Å². The normalized spacial score (nSPS) is 10.6. The highest BCUT2D eigenvalue weighted by molar-refractivity contribution is 6.17. The lowest BCUT2D eigenvalue weighted by Crippen LogP contribution is -2.27. The van der Waals surface area contributed by atoms with E-state index < -0.39 is 0 Å². The van der Waals surface area contributed by atoms with Crippen LogP contribution in [0, 0.1) is 6.92 Å². The molecule has 0 spiro atoms. The molecule has 1 N–H and O–H groups in total. The van der Waals surface area contributed by atoms with Gasteiger partial charge in [-0.1, -0.05) is 0 Å². The zero-order valence-corrected chi connectivity index (χ0v) is 11.7. The Bertz CT molecular complexity index is 379. The molecule has 6 heteroatoms. The summed E-state index contributed by atoms with van der Waals surface area (Å²) in [5.41, 5.74) is 1.46. The third-order valence-electron chi connectivity index (χ3n) is 2.41. The van der Waals surface area contributed by atoms with Crippen molar-refractivity contribution in [1.82, 2.24) is 15.1 Å². The van der Waals surface area contributed by atoms with Crippen molar-refractivity contribution in [1.29, 1.82) is 0 Å². The standard InChI is InChI=1S/C12H20ClN3O2/c1-3-16-11(9-10(2)15-16)12(17)14-6-4-7-18-8-5-13/h9H,3-8H2,1-2H3,(H,14,17). The van der Waals surface area contributed by atoms with Crippen molar-refractivity contribution in [3.63, 3.8) is 0 Å². The van der Waals surface area contributed by atoms with Crippen molar-refractivity contribution >= 4 is 17.5 Å². The summed E-state index contributed by atoms with van der Waals surface area (Å²) in [4.78, 5) is 11.9. The van der Waals surface area contributed by atoms with Gasteiger partial charge >= 0.3 is 0 Å². The lowest BCUT2D eigenvalue weighted by molar-refractivity contribution is 0.0934. The van der Waals surface area contributed by atoms with Gasteiger partial charge in [-0.2, -0.15) is 5.10 Å². The van der Waals surface area contributed by atoms with Gasteiger partial charge in [0.1, 0.15) is 5.69 Å². The van der Waals surface area contributed by atoms with E-state index in [1.165, 1.54) is 0 Å². The summed E-state index contributed by atoms with van der Waals surface area (Å²) in [5.74, 6) is 0.413. The molecule has 1 rings (SSSR count). The van der Waals surface area contributed by atoms with Crippen LogP contribution in [0.5, 0.6) is 0 Å². The van der Waals surface area contributed by atoms with Gasteiger partial charge < -0.3 is 10.1 Å². The molecule has 1 aromatic rings. The van der Waals surface area contributed by atoms with Crippen molar-refractivity contribution in [2.24, 2.45) is 0 Å².